The van der Waals surface area contributed by atoms with Crippen molar-refractivity contribution in [2.75, 3.05) is 5.73 Å². The largest absolute Gasteiger partial charge is 0.506 e. The quantitative estimate of drug-likeness (QED) is 0.580. The van der Waals surface area contributed by atoms with Crippen LogP contribution in [0.25, 0.3) is 22.6 Å². The van der Waals surface area contributed by atoms with Crippen LogP contribution >= 0.6 is 0 Å². The number of nitrogens with two attached hydrogens (primary N) is 1. The molecule has 4 rings (SSSR count). The molecule has 0 aliphatic heterocycles. The number of aromatic hydroxyl groups is 1. The minimum atomic E-state index is -0.473. The standard InChI is InChI=1S/C17H14FN7O/c1-9-22-15(19)14-17(23-9)25(8-12-2-3-13(26)7-21-12)16(24-14)10-4-11(18)6-20-5-10/h2-7,26H,8H2,1H3,(H2,19,22,23). The molecule has 0 aliphatic carbocycles. The number of hydrogen-bond acceptors (Lipinski definition) is 7. The van der Waals surface area contributed by atoms with Gasteiger partial charge in [0.25, 0.3) is 0 Å². The summed E-state index contributed by atoms with van der Waals surface area (Å²) in [5.74, 6) is 0.794. The molecule has 0 saturated carbocycles. The van der Waals surface area contributed by atoms with Gasteiger partial charge in [0.05, 0.1) is 24.6 Å². The van der Waals surface area contributed by atoms with E-state index < -0.39 is 5.82 Å². The van der Waals surface area contributed by atoms with Crippen LogP contribution in [0.2, 0.25) is 0 Å². The molecule has 0 unspecified atom stereocenters. The highest BCUT2D eigenvalue weighted by Crippen LogP contribution is 2.27. The van der Waals surface area contributed by atoms with Crippen molar-refractivity contribution in [2.24, 2.45) is 0 Å². The molecule has 0 fully saturated rings. The molecule has 130 valence electrons. The molecule has 4 heterocycles. The van der Waals surface area contributed by atoms with E-state index in [4.69, 9.17) is 5.73 Å². The fourth-order valence-electron chi connectivity index (χ4n) is 2.71. The molecule has 0 aliphatic rings. The first-order valence-electron chi connectivity index (χ1n) is 7.76. The molecule has 0 saturated heterocycles. The van der Waals surface area contributed by atoms with Crippen LogP contribution in [-0.2, 0) is 6.54 Å². The van der Waals surface area contributed by atoms with Crippen LogP contribution in [0.1, 0.15) is 11.5 Å². The number of aryl methyl sites for hydroxylation is 1. The summed E-state index contributed by atoms with van der Waals surface area (Å²) in [5.41, 5.74) is 8.09. The topological polar surface area (TPSA) is 116 Å². The van der Waals surface area contributed by atoms with E-state index in [0.717, 1.165) is 6.20 Å². The van der Waals surface area contributed by atoms with E-state index in [2.05, 4.69) is 24.9 Å². The Morgan fingerprint density at radius 3 is 2.73 bits per heavy atom. The maximum absolute atomic E-state index is 13.7. The van der Waals surface area contributed by atoms with Gasteiger partial charge in [-0.3, -0.25) is 9.97 Å². The minimum absolute atomic E-state index is 0.0706. The molecule has 0 spiro atoms. The minimum Gasteiger partial charge on any atom is -0.506 e. The third-order valence-corrected chi connectivity index (χ3v) is 3.83. The van der Waals surface area contributed by atoms with Crippen molar-refractivity contribution in [1.29, 1.82) is 0 Å². The van der Waals surface area contributed by atoms with E-state index >= 15 is 0 Å². The fourth-order valence-corrected chi connectivity index (χ4v) is 2.71. The lowest BCUT2D eigenvalue weighted by Crippen LogP contribution is -2.06. The zero-order chi connectivity index (χ0) is 18.3. The average Bonchev–Trinajstić information content (AvgIpc) is 2.96. The van der Waals surface area contributed by atoms with Crippen LogP contribution in [0.15, 0.2) is 36.8 Å². The smallest absolute Gasteiger partial charge is 0.166 e. The summed E-state index contributed by atoms with van der Waals surface area (Å²) >= 11 is 0. The number of aromatic nitrogens is 6. The third kappa shape index (κ3) is 2.79. The van der Waals surface area contributed by atoms with Crippen molar-refractivity contribution in [3.8, 4) is 17.1 Å². The monoisotopic (exact) mass is 351 g/mol. The molecule has 3 N–H and O–H groups in total. The molecule has 0 aromatic carbocycles. The van der Waals surface area contributed by atoms with Gasteiger partial charge in [-0.15, -0.1) is 0 Å². The highest BCUT2D eigenvalue weighted by Gasteiger charge is 2.18. The van der Waals surface area contributed by atoms with Crippen LogP contribution in [0, 0.1) is 12.7 Å². The number of halogens is 1. The molecule has 26 heavy (non-hydrogen) atoms. The Morgan fingerprint density at radius 2 is 2.00 bits per heavy atom. The van der Waals surface area contributed by atoms with Crippen molar-refractivity contribution in [3.05, 3.63) is 54.1 Å². The predicted octanol–water partition coefficient (Wildman–Crippen LogP) is 2.07. The lowest BCUT2D eigenvalue weighted by Gasteiger charge is -2.09. The number of nitrogens with zero attached hydrogens (tertiary/aromatic N) is 6. The van der Waals surface area contributed by atoms with Crippen molar-refractivity contribution in [3.63, 3.8) is 0 Å². The summed E-state index contributed by atoms with van der Waals surface area (Å²) in [6.45, 7) is 2.04. The predicted molar refractivity (Wildman–Crippen MR) is 92.7 cm³/mol. The number of hydrogen-bond donors (Lipinski definition) is 2. The molecule has 4 aromatic rings. The molecule has 4 aromatic heterocycles. The van der Waals surface area contributed by atoms with Crippen LogP contribution in [-0.4, -0.2) is 34.6 Å². The van der Waals surface area contributed by atoms with Gasteiger partial charge in [0, 0.05) is 11.8 Å². The lowest BCUT2D eigenvalue weighted by atomic mass is 10.2. The van der Waals surface area contributed by atoms with Gasteiger partial charge >= 0.3 is 0 Å². The fraction of sp³-hybridized carbons (Fsp3) is 0.118. The molecule has 0 atom stereocenters. The van der Waals surface area contributed by atoms with Gasteiger partial charge in [0.1, 0.15) is 23.2 Å². The van der Waals surface area contributed by atoms with E-state index in [9.17, 15) is 9.50 Å². The SMILES string of the molecule is Cc1nc(N)c2nc(-c3cncc(F)c3)n(Cc3ccc(O)cn3)c2n1. The first kappa shape index (κ1) is 15.9. The zero-order valence-corrected chi connectivity index (χ0v) is 13.8. The first-order valence-corrected chi connectivity index (χ1v) is 7.76. The molecule has 9 heteroatoms. The molecule has 0 amide bonds. The normalized spacial score (nSPS) is 11.2. The molecule has 0 radical (unpaired) electrons. The van der Waals surface area contributed by atoms with Crippen molar-refractivity contribution in [1.82, 2.24) is 29.5 Å². The van der Waals surface area contributed by atoms with Crippen molar-refractivity contribution >= 4 is 17.0 Å². The first-order chi connectivity index (χ1) is 12.5. The number of fused-ring (bicyclic) bond motifs is 1. The Labute approximate surface area is 147 Å². The summed E-state index contributed by atoms with van der Waals surface area (Å²) in [6, 6.07) is 4.57. The van der Waals surface area contributed by atoms with E-state index in [1.165, 1.54) is 18.5 Å². The van der Waals surface area contributed by atoms with Crippen LogP contribution in [0.4, 0.5) is 10.2 Å². The van der Waals surface area contributed by atoms with Gasteiger partial charge in [-0.25, -0.2) is 19.3 Å². The maximum Gasteiger partial charge on any atom is 0.166 e. The maximum atomic E-state index is 13.7. The highest BCUT2D eigenvalue weighted by molar-refractivity contribution is 5.85. The molecular weight excluding hydrogens is 337 g/mol. The molecule has 0 bridgehead atoms. The summed E-state index contributed by atoms with van der Waals surface area (Å²) in [7, 11) is 0. The van der Waals surface area contributed by atoms with Gasteiger partial charge in [0.2, 0.25) is 0 Å². The Morgan fingerprint density at radius 1 is 1.15 bits per heavy atom. The Hall–Kier alpha value is -3.62. The van der Waals surface area contributed by atoms with E-state index in [1.807, 2.05) is 0 Å². The summed E-state index contributed by atoms with van der Waals surface area (Å²) in [4.78, 5) is 21.2. The van der Waals surface area contributed by atoms with Crippen molar-refractivity contribution in [2.45, 2.75) is 13.5 Å². The molecular formula is C17H14FN7O. The Bertz CT molecular complexity index is 1110. The van der Waals surface area contributed by atoms with Crippen LogP contribution in [0.3, 0.4) is 0 Å². The highest BCUT2D eigenvalue weighted by atomic mass is 19.1. The number of nitrogen functional groups attached to an aromatic ring is 1. The number of anilines is 1. The van der Waals surface area contributed by atoms with Gasteiger partial charge in [0.15, 0.2) is 17.0 Å². The van der Waals surface area contributed by atoms with Gasteiger partial charge in [-0.2, -0.15) is 0 Å². The second-order valence-electron chi connectivity index (χ2n) is 5.75. The Kier molecular flexibility index (Phi) is 3.68. The number of imidazole rings is 1. The second-order valence-corrected chi connectivity index (χ2v) is 5.75. The van der Waals surface area contributed by atoms with Crippen molar-refractivity contribution < 1.29 is 9.50 Å². The second kappa shape index (κ2) is 6.03. The van der Waals surface area contributed by atoms with Gasteiger partial charge < -0.3 is 15.4 Å². The van der Waals surface area contributed by atoms with E-state index in [-0.39, 0.29) is 11.6 Å². The number of pyridine rings is 2. The van der Waals surface area contributed by atoms with Crippen LogP contribution < -0.4 is 5.73 Å². The Balaban J connectivity index is 1.95. The summed E-state index contributed by atoms with van der Waals surface area (Å²) in [5, 5.41) is 9.42. The number of rotatable bonds is 3. The summed E-state index contributed by atoms with van der Waals surface area (Å²) in [6.07, 6.45) is 3.99. The molecule has 8 nitrogen and oxygen atoms in total. The van der Waals surface area contributed by atoms with Gasteiger partial charge in [-0.1, -0.05) is 0 Å². The van der Waals surface area contributed by atoms with E-state index in [1.54, 1.807) is 23.6 Å². The average molecular weight is 351 g/mol. The van der Waals surface area contributed by atoms with E-state index in [0.29, 0.717) is 40.6 Å². The van der Waals surface area contributed by atoms with Gasteiger partial charge in [-0.05, 0) is 25.1 Å². The zero-order valence-electron chi connectivity index (χ0n) is 13.8. The lowest BCUT2D eigenvalue weighted by molar-refractivity contribution is 0.472. The van der Waals surface area contributed by atoms with Crippen LogP contribution in [0.5, 0.6) is 5.75 Å². The summed E-state index contributed by atoms with van der Waals surface area (Å²) < 4.78 is 15.4. The third-order valence-electron chi connectivity index (χ3n) is 3.83.